The minimum atomic E-state index is 0.0733. The molecule has 0 aromatic heterocycles. The van der Waals surface area contributed by atoms with Gasteiger partial charge in [-0.25, -0.2) is 0 Å². The average molecular weight is 284 g/mol. The second-order valence-corrected chi connectivity index (χ2v) is 6.31. The Labute approximate surface area is 124 Å². The van der Waals surface area contributed by atoms with Crippen molar-refractivity contribution in [3.63, 3.8) is 0 Å². The van der Waals surface area contributed by atoms with E-state index in [-0.39, 0.29) is 5.41 Å². The van der Waals surface area contributed by atoms with Crippen molar-refractivity contribution in [3.8, 4) is 0 Å². The second kappa shape index (κ2) is 7.99. The van der Waals surface area contributed by atoms with Gasteiger partial charge in [0.25, 0.3) is 0 Å². The van der Waals surface area contributed by atoms with E-state index in [1.165, 1.54) is 0 Å². The summed E-state index contributed by atoms with van der Waals surface area (Å²) in [4.78, 5) is 14.6. The number of hydrogen-bond acceptors (Lipinski definition) is 3. The van der Waals surface area contributed by atoms with Crippen LogP contribution in [0, 0.1) is 5.41 Å². The van der Waals surface area contributed by atoms with Crippen LogP contribution in [0.2, 0.25) is 0 Å². The summed E-state index contributed by atoms with van der Waals surface area (Å²) in [5.74, 6) is 0.301. The van der Waals surface area contributed by atoms with Crippen molar-refractivity contribution in [1.29, 1.82) is 0 Å². The molecule has 0 bridgehead atoms. The minimum Gasteiger partial charge on any atom is -0.378 e. The van der Waals surface area contributed by atoms with Crippen LogP contribution >= 0.6 is 0 Å². The molecule has 0 radical (unpaired) electrons. The van der Waals surface area contributed by atoms with Crippen LogP contribution in [-0.2, 0) is 9.53 Å². The molecular formula is C16H32N2O2. The summed E-state index contributed by atoms with van der Waals surface area (Å²) in [5, 5.41) is 3.10. The molecule has 4 nitrogen and oxygen atoms in total. The predicted octanol–water partition coefficient (Wildman–Crippen LogP) is 2.43. The van der Waals surface area contributed by atoms with Gasteiger partial charge < -0.3 is 15.0 Å². The minimum absolute atomic E-state index is 0.0733. The van der Waals surface area contributed by atoms with Gasteiger partial charge in [-0.3, -0.25) is 4.79 Å². The Morgan fingerprint density at radius 3 is 2.60 bits per heavy atom. The third kappa shape index (κ3) is 3.95. The van der Waals surface area contributed by atoms with Crippen molar-refractivity contribution in [3.05, 3.63) is 0 Å². The molecule has 1 saturated carbocycles. The van der Waals surface area contributed by atoms with Gasteiger partial charge >= 0.3 is 0 Å². The van der Waals surface area contributed by atoms with Gasteiger partial charge in [-0.15, -0.1) is 0 Å². The lowest BCUT2D eigenvalue weighted by molar-refractivity contribution is -0.167. The first-order valence-corrected chi connectivity index (χ1v) is 8.04. The fraction of sp³-hybridized carbons (Fsp3) is 0.938. The summed E-state index contributed by atoms with van der Waals surface area (Å²) in [7, 11) is 1.93. The zero-order chi connectivity index (χ0) is 15.2. The molecular weight excluding hydrogens is 252 g/mol. The first kappa shape index (κ1) is 17.4. The summed E-state index contributed by atoms with van der Waals surface area (Å²) >= 11 is 0. The lowest BCUT2D eigenvalue weighted by Gasteiger charge is -2.55. The van der Waals surface area contributed by atoms with Crippen molar-refractivity contribution in [1.82, 2.24) is 10.2 Å². The van der Waals surface area contributed by atoms with Gasteiger partial charge in [0, 0.05) is 31.0 Å². The van der Waals surface area contributed by atoms with E-state index in [0.717, 1.165) is 39.0 Å². The lowest BCUT2D eigenvalue weighted by Crippen LogP contribution is -2.63. The highest BCUT2D eigenvalue weighted by atomic mass is 16.5. The molecule has 0 aromatic carbocycles. The van der Waals surface area contributed by atoms with Gasteiger partial charge in [0.15, 0.2) is 0 Å². The second-order valence-electron chi connectivity index (χ2n) is 6.31. The Morgan fingerprint density at radius 1 is 1.40 bits per heavy atom. The van der Waals surface area contributed by atoms with Gasteiger partial charge in [0.05, 0.1) is 6.10 Å². The van der Waals surface area contributed by atoms with Crippen LogP contribution in [0.5, 0.6) is 0 Å². The molecule has 1 amide bonds. The van der Waals surface area contributed by atoms with Gasteiger partial charge in [-0.05, 0) is 39.8 Å². The van der Waals surface area contributed by atoms with E-state index in [2.05, 4.69) is 31.0 Å². The number of ether oxygens (including phenoxy) is 1. The first-order chi connectivity index (χ1) is 9.48. The molecule has 1 rings (SSSR count). The molecule has 2 unspecified atom stereocenters. The summed E-state index contributed by atoms with van der Waals surface area (Å²) in [6.45, 7) is 11.2. The molecule has 1 N–H and O–H groups in total. The first-order valence-electron chi connectivity index (χ1n) is 8.04. The largest absolute Gasteiger partial charge is 0.378 e. The summed E-state index contributed by atoms with van der Waals surface area (Å²) < 4.78 is 5.78. The van der Waals surface area contributed by atoms with Crippen molar-refractivity contribution in [2.75, 3.05) is 26.7 Å². The molecule has 2 atom stereocenters. The van der Waals surface area contributed by atoms with E-state index in [1.54, 1.807) is 0 Å². The smallest absolute Gasteiger partial charge is 0.222 e. The molecule has 4 heteroatoms. The molecule has 0 aliphatic heterocycles. The number of nitrogens with one attached hydrogen (secondary N) is 1. The van der Waals surface area contributed by atoms with E-state index >= 15 is 0 Å². The highest BCUT2D eigenvalue weighted by Crippen LogP contribution is 2.46. The normalized spacial score (nSPS) is 24.2. The van der Waals surface area contributed by atoms with Crippen molar-refractivity contribution >= 4 is 5.91 Å². The Balaban J connectivity index is 2.60. The van der Waals surface area contributed by atoms with Gasteiger partial charge in [-0.2, -0.15) is 0 Å². The number of rotatable bonds is 9. The molecule has 1 aliphatic carbocycles. The van der Waals surface area contributed by atoms with Crippen LogP contribution < -0.4 is 5.32 Å². The molecule has 20 heavy (non-hydrogen) atoms. The Morgan fingerprint density at radius 2 is 2.10 bits per heavy atom. The van der Waals surface area contributed by atoms with Crippen LogP contribution in [-0.4, -0.2) is 49.7 Å². The molecule has 1 aliphatic rings. The Bertz CT molecular complexity index is 305. The van der Waals surface area contributed by atoms with Crippen LogP contribution in [0.25, 0.3) is 0 Å². The molecule has 0 saturated heterocycles. The number of hydrogen-bond donors (Lipinski definition) is 1. The topological polar surface area (TPSA) is 41.6 Å². The van der Waals surface area contributed by atoms with E-state index < -0.39 is 0 Å². The Kier molecular flexibility index (Phi) is 6.96. The zero-order valence-electron chi connectivity index (χ0n) is 13.9. The fourth-order valence-electron chi connectivity index (χ4n) is 3.13. The summed E-state index contributed by atoms with van der Waals surface area (Å²) in [6.07, 6.45) is 3.86. The van der Waals surface area contributed by atoms with Crippen LogP contribution in [0.4, 0.5) is 0 Å². The van der Waals surface area contributed by atoms with Gasteiger partial charge in [0.2, 0.25) is 5.91 Å². The zero-order valence-corrected chi connectivity index (χ0v) is 13.9. The van der Waals surface area contributed by atoms with Crippen molar-refractivity contribution in [2.45, 2.75) is 65.5 Å². The SMILES string of the molecule is CCCN(C(=O)CCCNC)C1CC(OCC)C1(C)C. The summed E-state index contributed by atoms with van der Waals surface area (Å²) in [5.41, 5.74) is 0.0733. The molecule has 1 fully saturated rings. The number of carbonyl (C=O) groups is 1. The monoisotopic (exact) mass is 284 g/mol. The number of nitrogens with zero attached hydrogens (tertiary/aromatic N) is 1. The van der Waals surface area contributed by atoms with Crippen LogP contribution in [0.1, 0.15) is 53.4 Å². The molecule has 118 valence electrons. The maximum atomic E-state index is 12.5. The average Bonchev–Trinajstić information content (AvgIpc) is 2.41. The summed E-state index contributed by atoms with van der Waals surface area (Å²) in [6, 6.07) is 0.334. The van der Waals surface area contributed by atoms with E-state index in [4.69, 9.17) is 4.74 Å². The third-order valence-electron chi connectivity index (χ3n) is 4.47. The number of amides is 1. The van der Waals surface area contributed by atoms with Crippen molar-refractivity contribution < 1.29 is 9.53 Å². The third-order valence-corrected chi connectivity index (χ3v) is 4.47. The maximum absolute atomic E-state index is 12.5. The molecule has 0 spiro atoms. The van der Waals surface area contributed by atoms with Crippen LogP contribution in [0.3, 0.4) is 0 Å². The highest BCUT2D eigenvalue weighted by Gasteiger charge is 2.52. The molecule has 0 heterocycles. The molecule has 0 aromatic rings. The van der Waals surface area contributed by atoms with Gasteiger partial charge in [0.1, 0.15) is 0 Å². The van der Waals surface area contributed by atoms with Crippen LogP contribution in [0.15, 0.2) is 0 Å². The van der Waals surface area contributed by atoms with Gasteiger partial charge in [-0.1, -0.05) is 20.8 Å². The fourth-order valence-corrected chi connectivity index (χ4v) is 3.13. The van der Waals surface area contributed by atoms with E-state index in [0.29, 0.717) is 24.5 Å². The van der Waals surface area contributed by atoms with Crippen molar-refractivity contribution in [2.24, 2.45) is 5.41 Å². The Hall–Kier alpha value is -0.610. The van der Waals surface area contributed by atoms with E-state index in [9.17, 15) is 4.79 Å². The maximum Gasteiger partial charge on any atom is 0.222 e. The lowest BCUT2D eigenvalue weighted by atomic mass is 9.63. The highest BCUT2D eigenvalue weighted by molar-refractivity contribution is 5.76. The van der Waals surface area contributed by atoms with E-state index in [1.807, 2.05) is 14.0 Å². The number of carbonyl (C=O) groups excluding carboxylic acids is 1. The standard InChI is InChI=1S/C16H32N2O2/c1-6-11-18(15(19)9-8-10-17-5)13-12-14(20-7-2)16(13,3)4/h13-14,17H,6-12H2,1-5H3. The quantitative estimate of drug-likeness (QED) is 0.661. The predicted molar refractivity (Wildman–Crippen MR) is 82.8 cm³/mol.